The van der Waals surface area contributed by atoms with Crippen LogP contribution in [0.15, 0.2) is 0 Å². The molecule has 2 fully saturated rings. The molecule has 2 aliphatic rings. The molecule has 2 saturated heterocycles. The van der Waals surface area contributed by atoms with Crippen LogP contribution >= 0.6 is 0 Å². The molecule has 0 radical (unpaired) electrons. The fourth-order valence-electron chi connectivity index (χ4n) is 5.06. The van der Waals surface area contributed by atoms with Crippen LogP contribution in [0.1, 0.15) is 20.3 Å². The molecule has 0 unspecified atom stereocenters. The summed E-state index contributed by atoms with van der Waals surface area (Å²) in [4.78, 5) is 35.8. The summed E-state index contributed by atoms with van der Waals surface area (Å²) in [5.74, 6) is -6.34. The molecule has 0 aromatic rings. The highest BCUT2D eigenvalue weighted by atomic mass is 16.7. The van der Waals surface area contributed by atoms with Gasteiger partial charge < -0.3 is 90.9 Å². The number of ether oxygens (including phenoxy) is 4. The van der Waals surface area contributed by atoms with E-state index in [2.05, 4.69) is 10.6 Å². The van der Waals surface area contributed by atoms with Crippen LogP contribution in [0.2, 0.25) is 0 Å². The molecule has 14 N–H and O–H groups in total. The lowest BCUT2D eigenvalue weighted by Gasteiger charge is -2.47. The molecule has 0 aliphatic carbocycles. The minimum atomic E-state index is -2.91. The molecule has 21 nitrogen and oxygen atoms in total. The molecular weight excluding hydrogens is 632 g/mol. The van der Waals surface area contributed by atoms with Crippen LogP contribution in [-0.2, 0) is 33.3 Å². The average Bonchev–Trinajstić information content (AvgIpc) is 3.00. The van der Waals surface area contributed by atoms with Crippen molar-refractivity contribution in [3.8, 4) is 0 Å². The summed E-state index contributed by atoms with van der Waals surface area (Å²) in [6.07, 6.45) is -24.2. The first kappa shape index (κ1) is 40.0. The highest BCUT2D eigenvalue weighted by Crippen LogP contribution is 2.34. The first-order valence-corrected chi connectivity index (χ1v) is 14.1. The number of rotatable bonds is 16. The minimum absolute atomic E-state index is 0.742. The Labute approximate surface area is 261 Å². The van der Waals surface area contributed by atoms with E-state index in [1.165, 1.54) is 0 Å². The van der Waals surface area contributed by atoms with Gasteiger partial charge in [-0.3, -0.25) is 9.59 Å². The molecule has 0 spiro atoms. The molecule has 15 atom stereocenters. The van der Waals surface area contributed by atoms with Crippen LogP contribution in [0.4, 0.5) is 0 Å². The van der Waals surface area contributed by atoms with Crippen molar-refractivity contribution in [3.05, 3.63) is 0 Å². The van der Waals surface area contributed by atoms with Gasteiger partial charge in [-0.15, -0.1) is 0 Å². The molecule has 2 rings (SSSR count). The van der Waals surface area contributed by atoms with Gasteiger partial charge in [0.05, 0.1) is 44.6 Å². The fourth-order valence-corrected chi connectivity index (χ4v) is 5.06. The van der Waals surface area contributed by atoms with Crippen molar-refractivity contribution in [2.24, 2.45) is 0 Å². The largest absolute Gasteiger partial charge is 0.477 e. The van der Waals surface area contributed by atoms with Gasteiger partial charge in [-0.1, -0.05) is 0 Å². The highest BCUT2D eigenvalue weighted by molar-refractivity contribution is 5.76. The summed E-state index contributed by atoms with van der Waals surface area (Å²) in [7, 11) is 0. The van der Waals surface area contributed by atoms with Crippen molar-refractivity contribution in [2.75, 3.05) is 26.4 Å². The summed E-state index contributed by atoms with van der Waals surface area (Å²) in [5.41, 5.74) is 0. The van der Waals surface area contributed by atoms with E-state index < -0.39 is 142 Å². The Balaban J connectivity index is 2.36. The van der Waals surface area contributed by atoms with Crippen LogP contribution < -0.4 is 10.6 Å². The third kappa shape index (κ3) is 9.46. The van der Waals surface area contributed by atoms with Crippen LogP contribution in [0.3, 0.4) is 0 Å². The Bertz CT molecular complexity index is 1010. The van der Waals surface area contributed by atoms with Crippen molar-refractivity contribution in [2.45, 2.75) is 112 Å². The topological polar surface area (TPSA) is 355 Å². The Kier molecular flexibility index (Phi) is 15.0. The monoisotopic (exact) mass is 676 g/mol. The summed E-state index contributed by atoms with van der Waals surface area (Å²) >= 11 is 0. The van der Waals surface area contributed by atoms with Gasteiger partial charge >= 0.3 is 5.97 Å². The van der Waals surface area contributed by atoms with Gasteiger partial charge in [-0.2, -0.15) is 0 Å². The van der Waals surface area contributed by atoms with E-state index in [9.17, 15) is 75.7 Å². The normalized spacial score (nSPS) is 35.7. The zero-order chi connectivity index (χ0) is 35.1. The van der Waals surface area contributed by atoms with Crippen molar-refractivity contribution < 1.29 is 94.6 Å². The maximum atomic E-state index is 12.4. The van der Waals surface area contributed by atoms with Gasteiger partial charge in [0.25, 0.3) is 5.79 Å². The Morgan fingerprint density at radius 1 is 0.913 bits per heavy atom. The predicted molar refractivity (Wildman–Crippen MR) is 144 cm³/mol. The second kappa shape index (κ2) is 17.3. The molecular formula is C25H44N2O19. The van der Waals surface area contributed by atoms with Gasteiger partial charge in [0.15, 0.2) is 6.29 Å². The summed E-state index contributed by atoms with van der Waals surface area (Å²) < 4.78 is 21.5. The molecule has 0 bridgehead atoms. The van der Waals surface area contributed by atoms with Crippen molar-refractivity contribution >= 4 is 17.8 Å². The minimum Gasteiger partial charge on any atom is -0.477 e. The van der Waals surface area contributed by atoms with E-state index in [0.717, 1.165) is 13.8 Å². The van der Waals surface area contributed by atoms with E-state index >= 15 is 0 Å². The Morgan fingerprint density at radius 3 is 2.04 bits per heavy atom. The Morgan fingerprint density at radius 2 is 1.54 bits per heavy atom. The van der Waals surface area contributed by atoms with Crippen LogP contribution in [0.5, 0.6) is 0 Å². The number of hydrogen-bond donors (Lipinski definition) is 14. The molecule has 21 heteroatoms. The highest BCUT2D eigenvalue weighted by Gasteiger charge is 2.56. The molecule has 0 aromatic carbocycles. The Hall–Kier alpha value is -2.19. The number of carbonyl (C=O) groups is 3. The summed E-state index contributed by atoms with van der Waals surface area (Å²) in [6.45, 7) is -1.96. The number of amides is 2. The second-order valence-corrected chi connectivity index (χ2v) is 11.0. The van der Waals surface area contributed by atoms with Gasteiger partial charge in [-0.25, -0.2) is 4.79 Å². The van der Waals surface area contributed by atoms with Gasteiger partial charge in [0, 0.05) is 20.3 Å². The predicted octanol–water partition coefficient (Wildman–Crippen LogP) is -8.44. The van der Waals surface area contributed by atoms with E-state index in [-0.39, 0.29) is 0 Å². The molecule has 2 aliphatic heterocycles. The molecule has 0 aromatic heterocycles. The SMILES string of the molecule is CC(=O)N[C@H]1[C@H]([C@H](O)[C@H](O)CO)O[C@](OC[C@@H](O)[C@H](O)[C@H](O[C@@H]2O[C@H](CO)[C@H](O)[C@H](O)[C@H]2O)[C@H](CO)NC(C)=O)(C(=O)O)C[C@@H]1O. The first-order chi connectivity index (χ1) is 21.4. The zero-order valence-electron chi connectivity index (χ0n) is 24.8. The lowest BCUT2D eigenvalue weighted by atomic mass is 9.88. The molecule has 268 valence electrons. The number of carboxylic acids is 1. The first-order valence-electron chi connectivity index (χ1n) is 14.1. The van der Waals surface area contributed by atoms with E-state index in [1.807, 2.05) is 0 Å². The van der Waals surface area contributed by atoms with Crippen LogP contribution in [0.25, 0.3) is 0 Å². The zero-order valence-corrected chi connectivity index (χ0v) is 24.8. The fraction of sp³-hybridized carbons (Fsp3) is 0.880. The van der Waals surface area contributed by atoms with Gasteiger partial charge in [0.2, 0.25) is 11.8 Å². The van der Waals surface area contributed by atoms with Gasteiger partial charge in [-0.05, 0) is 0 Å². The molecule has 0 saturated carbocycles. The number of carboxylic acid groups (broad SMARTS) is 1. The molecule has 2 heterocycles. The third-order valence-corrected chi connectivity index (χ3v) is 7.53. The number of nitrogens with one attached hydrogen (secondary N) is 2. The maximum Gasteiger partial charge on any atom is 0.364 e. The smallest absolute Gasteiger partial charge is 0.364 e. The number of hydrogen-bond acceptors (Lipinski definition) is 18. The maximum absolute atomic E-state index is 12.4. The van der Waals surface area contributed by atoms with Crippen LogP contribution in [0, 0.1) is 0 Å². The lowest BCUT2D eigenvalue weighted by Crippen LogP contribution is -2.68. The van der Waals surface area contributed by atoms with Crippen molar-refractivity contribution in [1.82, 2.24) is 10.6 Å². The second-order valence-electron chi connectivity index (χ2n) is 11.0. The standard InChI is InChI=1S/C25H44N2O19/c1-8(31)26-10(4-28)21(45-23-20(40)19(39)18(38)14(6-30)44-23)17(37)13(35)7-43-25(24(41)42)3-11(33)15(27-9(2)32)22(46-25)16(36)12(34)5-29/h10-23,28-30,33-40H,3-7H2,1-2H3,(H,26,31)(H,27,32)(H,41,42)/t10-,11-,12+,13+,14+,15+,16+,17-,18-,19-,20+,21+,22+,23-,25-/m0/s1. The van der Waals surface area contributed by atoms with E-state index in [4.69, 9.17) is 18.9 Å². The summed E-state index contributed by atoms with van der Waals surface area (Å²) in [6, 6.07) is -3.08. The third-order valence-electron chi connectivity index (χ3n) is 7.53. The van der Waals surface area contributed by atoms with E-state index in [0.29, 0.717) is 0 Å². The average molecular weight is 677 g/mol. The molecule has 2 amide bonds. The van der Waals surface area contributed by atoms with E-state index in [1.54, 1.807) is 0 Å². The summed E-state index contributed by atoms with van der Waals surface area (Å²) in [5, 5.41) is 127. The van der Waals surface area contributed by atoms with Crippen molar-refractivity contribution in [3.63, 3.8) is 0 Å². The number of aliphatic carboxylic acids is 1. The quantitative estimate of drug-likeness (QED) is 0.0721. The van der Waals surface area contributed by atoms with Crippen molar-refractivity contribution in [1.29, 1.82) is 0 Å². The van der Waals surface area contributed by atoms with Gasteiger partial charge in [0.1, 0.15) is 61.0 Å². The number of aliphatic hydroxyl groups is 11. The number of aliphatic hydroxyl groups excluding tert-OH is 11. The molecule has 46 heavy (non-hydrogen) atoms. The van der Waals surface area contributed by atoms with Crippen LogP contribution in [-0.4, -0.2) is 197 Å². The number of carbonyl (C=O) groups excluding carboxylic acids is 2. The lowest BCUT2D eigenvalue weighted by molar-refractivity contribution is -0.328.